The lowest BCUT2D eigenvalue weighted by molar-refractivity contribution is -0.121. The highest BCUT2D eigenvalue weighted by Crippen LogP contribution is 2.35. The van der Waals surface area contributed by atoms with Gasteiger partial charge in [-0.3, -0.25) is 14.9 Å². The van der Waals surface area contributed by atoms with E-state index in [2.05, 4.69) is 41.7 Å². The molecule has 8 heteroatoms. The zero-order valence-electron chi connectivity index (χ0n) is 22.8. The van der Waals surface area contributed by atoms with Crippen LogP contribution in [-0.2, 0) is 31.3 Å². The summed E-state index contributed by atoms with van der Waals surface area (Å²) in [5, 5.41) is 2.06. The van der Waals surface area contributed by atoms with Crippen LogP contribution in [0.2, 0.25) is 0 Å². The number of hydrogen-bond donors (Lipinski definition) is 1. The minimum absolute atomic E-state index is 0.250. The smallest absolute Gasteiger partial charge is 0.286 e. The SMILES string of the molecule is Cn1c(COc2ccc(CC3(C)SC(=O)NC3=O)cc2)nc2ccc(Oc3ccc(Cc4ccccc4)cc3)cc21. The third-order valence-electron chi connectivity index (χ3n) is 7.20. The molecule has 4 aromatic carbocycles. The first-order chi connectivity index (χ1) is 19.8. The molecule has 1 aromatic heterocycles. The van der Waals surface area contributed by atoms with Crippen molar-refractivity contribution < 1.29 is 19.1 Å². The van der Waals surface area contributed by atoms with Crippen LogP contribution in [0.3, 0.4) is 0 Å². The number of rotatable bonds is 9. The Balaban J connectivity index is 1.08. The van der Waals surface area contributed by atoms with Crippen molar-refractivity contribution in [1.29, 1.82) is 0 Å². The van der Waals surface area contributed by atoms with Gasteiger partial charge in [-0.05, 0) is 84.6 Å². The second-order valence-corrected chi connectivity index (χ2v) is 11.8. The zero-order chi connectivity index (χ0) is 28.4. The maximum Gasteiger partial charge on any atom is 0.286 e. The zero-order valence-corrected chi connectivity index (χ0v) is 23.6. The molecule has 0 aliphatic carbocycles. The van der Waals surface area contributed by atoms with E-state index in [0.29, 0.717) is 18.8 Å². The summed E-state index contributed by atoms with van der Waals surface area (Å²) in [5.41, 5.74) is 5.28. The number of hydrogen-bond acceptors (Lipinski definition) is 6. The summed E-state index contributed by atoms with van der Waals surface area (Å²) >= 11 is 1.04. The first kappa shape index (κ1) is 26.7. The predicted octanol–water partition coefficient (Wildman–Crippen LogP) is 6.82. The highest BCUT2D eigenvalue weighted by Gasteiger charge is 2.43. The fourth-order valence-corrected chi connectivity index (χ4v) is 5.85. The standard InChI is InChI=1S/C33H29N3O4S/c1-33(31(37)35-32(38)41-33)20-24-10-12-25(13-11-24)39-21-30-34-28-17-16-27(19-29(28)36(30)2)40-26-14-8-23(9-15-26)18-22-6-4-3-5-7-22/h3-17,19H,18,20-21H2,1-2H3,(H,35,37,38). The number of nitrogens with one attached hydrogen (secondary N) is 1. The van der Waals surface area contributed by atoms with Crippen molar-refractivity contribution in [3.63, 3.8) is 0 Å². The molecule has 1 unspecified atom stereocenters. The topological polar surface area (TPSA) is 82.5 Å². The number of aryl methyl sites for hydroxylation is 1. The summed E-state index contributed by atoms with van der Waals surface area (Å²) in [4.78, 5) is 28.5. The molecule has 2 heterocycles. The predicted molar refractivity (Wildman–Crippen MR) is 160 cm³/mol. The van der Waals surface area contributed by atoms with Crippen molar-refractivity contribution in [1.82, 2.24) is 14.9 Å². The Morgan fingerprint density at radius 3 is 2.20 bits per heavy atom. The maximum atomic E-state index is 12.1. The summed E-state index contributed by atoms with van der Waals surface area (Å²) in [6, 6.07) is 32.0. The molecule has 0 radical (unpaired) electrons. The Hall–Kier alpha value is -4.56. The summed E-state index contributed by atoms with van der Waals surface area (Å²) < 4.78 is 13.4. The number of aromatic nitrogens is 2. The minimum Gasteiger partial charge on any atom is -0.486 e. The van der Waals surface area contributed by atoms with E-state index in [0.717, 1.165) is 52.1 Å². The molecule has 6 rings (SSSR count). The third-order valence-corrected chi connectivity index (χ3v) is 8.27. The van der Waals surface area contributed by atoms with Crippen molar-refractivity contribution in [3.05, 3.63) is 120 Å². The molecule has 1 aliphatic heterocycles. The molecule has 1 N–H and O–H groups in total. The number of carbonyl (C=O) groups excluding carboxylic acids is 2. The summed E-state index contributed by atoms with van der Waals surface area (Å²) in [6.45, 7) is 2.08. The van der Waals surface area contributed by atoms with E-state index < -0.39 is 4.75 Å². The number of amides is 2. The molecule has 7 nitrogen and oxygen atoms in total. The molecule has 0 spiro atoms. The lowest BCUT2D eigenvalue weighted by Crippen LogP contribution is -2.35. The Kier molecular flexibility index (Phi) is 7.24. The third kappa shape index (κ3) is 5.98. The molecule has 1 aliphatic rings. The molecule has 1 atom stereocenters. The number of benzene rings is 4. The van der Waals surface area contributed by atoms with Crippen molar-refractivity contribution >= 4 is 33.9 Å². The van der Waals surface area contributed by atoms with Crippen LogP contribution in [0, 0.1) is 0 Å². The van der Waals surface area contributed by atoms with Crippen LogP contribution < -0.4 is 14.8 Å². The molecule has 2 amide bonds. The quantitative estimate of drug-likeness (QED) is 0.212. The second-order valence-electron chi connectivity index (χ2n) is 10.3. The van der Waals surface area contributed by atoms with Gasteiger partial charge in [0.1, 0.15) is 34.4 Å². The first-order valence-corrected chi connectivity index (χ1v) is 14.2. The number of thioether (sulfide) groups is 1. The van der Waals surface area contributed by atoms with Crippen molar-refractivity contribution in [2.75, 3.05) is 0 Å². The Morgan fingerprint density at radius 1 is 0.829 bits per heavy atom. The molecular weight excluding hydrogens is 534 g/mol. The van der Waals surface area contributed by atoms with Gasteiger partial charge in [-0.2, -0.15) is 0 Å². The van der Waals surface area contributed by atoms with Crippen LogP contribution in [0.4, 0.5) is 4.79 Å². The summed E-state index contributed by atoms with van der Waals surface area (Å²) in [5.74, 6) is 2.76. The van der Waals surface area contributed by atoms with E-state index in [4.69, 9.17) is 14.5 Å². The lowest BCUT2D eigenvalue weighted by Gasteiger charge is -2.18. The number of ether oxygens (including phenoxy) is 2. The normalized spacial score (nSPS) is 16.6. The fourth-order valence-electron chi connectivity index (χ4n) is 4.91. The number of fused-ring (bicyclic) bond motifs is 1. The molecule has 1 fully saturated rings. The highest BCUT2D eigenvalue weighted by molar-refractivity contribution is 8.16. The Bertz CT molecular complexity index is 1720. The summed E-state index contributed by atoms with van der Waals surface area (Å²) in [7, 11) is 1.96. The average molecular weight is 564 g/mol. The Labute approximate surface area is 242 Å². The summed E-state index contributed by atoms with van der Waals surface area (Å²) in [6.07, 6.45) is 1.35. The van der Waals surface area contributed by atoms with E-state index in [1.54, 1.807) is 6.92 Å². The molecule has 5 aromatic rings. The number of imidazole rings is 1. The van der Waals surface area contributed by atoms with Crippen molar-refractivity contribution in [2.45, 2.75) is 31.1 Å². The van der Waals surface area contributed by atoms with Gasteiger partial charge in [-0.1, -0.05) is 54.6 Å². The molecular formula is C33H29N3O4S. The number of carbonyl (C=O) groups is 2. The molecule has 1 saturated heterocycles. The molecule has 0 bridgehead atoms. The van der Waals surface area contributed by atoms with Crippen LogP contribution in [-0.4, -0.2) is 25.4 Å². The number of imide groups is 1. The Morgan fingerprint density at radius 2 is 1.49 bits per heavy atom. The van der Waals surface area contributed by atoms with Gasteiger partial charge in [0.05, 0.1) is 11.0 Å². The van der Waals surface area contributed by atoms with Crippen LogP contribution in [0.15, 0.2) is 97.1 Å². The monoisotopic (exact) mass is 563 g/mol. The van der Waals surface area contributed by atoms with Gasteiger partial charge in [0.15, 0.2) is 0 Å². The molecule has 41 heavy (non-hydrogen) atoms. The van der Waals surface area contributed by atoms with Gasteiger partial charge in [-0.15, -0.1) is 0 Å². The van der Waals surface area contributed by atoms with Gasteiger partial charge in [-0.25, -0.2) is 4.98 Å². The van der Waals surface area contributed by atoms with E-state index in [9.17, 15) is 9.59 Å². The van der Waals surface area contributed by atoms with Gasteiger partial charge < -0.3 is 14.0 Å². The van der Waals surface area contributed by atoms with E-state index in [1.807, 2.05) is 72.3 Å². The first-order valence-electron chi connectivity index (χ1n) is 13.4. The van der Waals surface area contributed by atoms with Crippen LogP contribution in [0.5, 0.6) is 17.2 Å². The van der Waals surface area contributed by atoms with Gasteiger partial charge in [0, 0.05) is 13.1 Å². The highest BCUT2D eigenvalue weighted by atomic mass is 32.2. The van der Waals surface area contributed by atoms with Crippen molar-refractivity contribution in [2.24, 2.45) is 7.05 Å². The van der Waals surface area contributed by atoms with E-state index in [-0.39, 0.29) is 11.1 Å². The maximum absolute atomic E-state index is 12.1. The molecule has 0 saturated carbocycles. The largest absolute Gasteiger partial charge is 0.486 e. The van der Waals surface area contributed by atoms with Gasteiger partial charge in [0.25, 0.3) is 5.24 Å². The van der Waals surface area contributed by atoms with Gasteiger partial charge in [0.2, 0.25) is 5.91 Å². The fraction of sp³-hybridized carbons (Fsp3) is 0.182. The van der Waals surface area contributed by atoms with Gasteiger partial charge >= 0.3 is 0 Å². The lowest BCUT2D eigenvalue weighted by atomic mass is 9.99. The minimum atomic E-state index is -0.791. The van der Waals surface area contributed by atoms with Crippen LogP contribution in [0.1, 0.15) is 29.4 Å². The molecule has 206 valence electrons. The average Bonchev–Trinajstić information content (AvgIpc) is 3.42. The van der Waals surface area contributed by atoms with Crippen LogP contribution >= 0.6 is 11.8 Å². The van der Waals surface area contributed by atoms with Crippen LogP contribution in [0.25, 0.3) is 11.0 Å². The van der Waals surface area contributed by atoms with Crippen molar-refractivity contribution in [3.8, 4) is 17.2 Å². The number of nitrogens with zero attached hydrogens (tertiary/aromatic N) is 2. The van der Waals surface area contributed by atoms with E-state index >= 15 is 0 Å². The second kappa shape index (κ2) is 11.1. The van der Waals surface area contributed by atoms with E-state index in [1.165, 1.54) is 11.1 Å².